The van der Waals surface area contributed by atoms with Crippen LogP contribution < -0.4 is 0 Å². The first kappa shape index (κ1) is 28.0. The van der Waals surface area contributed by atoms with Gasteiger partial charge < -0.3 is 9.30 Å². The molecule has 0 aliphatic heterocycles. The van der Waals surface area contributed by atoms with Crippen LogP contribution in [0, 0.1) is 11.3 Å². The van der Waals surface area contributed by atoms with Crippen LogP contribution in [0.2, 0.25) is 0 Å². The van der Waals surface area contributed by atoms with Crippen LogP contribution in [-0.2, 0) is 31.2 Å². The highest BCUT2D eigenvalue weighted by Crippen LogP contribution is 2.40. The Bertz CT molecular complexity index is 1620. The van der Waals surface area contributed by atoms with Crippen LogP contribution in [0.4, 0.5) is 0 Å². The van der Waals surface area contributed by atoms with E-state index in [2.05, 4.69) is 52.0 Å². The van der Waals surface area contributed by atoms with E-state index in [1.54, 1.807) is 30.6 Å². The zero-order chi connectivity index (χ0) is 28.7. The van der Waals surface area contributed by atoms with E-state index < -0.39 is 21.8 Å². The monoisotopic (exact) mass is 563 g/mol. The number of nitriles is 1. The zero-order valence-electron chi connectivity index (χ0n) is 22.5. The SMILES string of the molecule is CS(=O)(=O)OC(COCc1cn(C(c2ccccc2)(c2ccccc2)c2ccccc2)cn1)c1ccc(C#N)cc1. The smallest absolute Gasteiger partial charge is 0.265 e. The van der Waals surface area contributed by atoms with Crippen molar-refractivity contribution in [1.82, 2.24) is 9.55 Å². The molecule has 0 N–H and O–H groups in total. The van der Waals surface area contributed by atoms with Gasteiger partial charge in [-0.25, -0.2) is 4.98 Å². The molecule has 8 heteroatoms. The molecule has 1 atom stereocenters. The lowest BCUT2D eigenvalue weighted by Crippen LogP contribution is -2.36. The Balaban J connectivity index is 1.46. The number of imidazole rings is 1. The number of rotatable bonds is 11. The lowest BCUT2D eigenvalue weighted by atomic mass is 9.77. The van der Waals surface area contributed by atoms with E-state index in [1.807, 2.05) is 60.8 Å². The fourth-order valence-corrected chi connectivity index (χ4v) is 5.63. The summed E-state index contributed by atoms with van der Waals surface area (Å²) in [5.41, 5.74) is 4.27. The first-order valence-corrected chi connectivity index (χ1v) is 14.9. The highest BCUT2D eigenvalue weighted by molar-refractivity contribution is 7.86. The molecule has 5 rings (SSSR count). The quantitative estimate of drug-likeness (QED) is 0.148. The lowest BCUT2D eigenvalue weighted by Gasteiger charge is -2.37. The predicted octanol–water partition coefficient (Wildman–Crippen LogP) is 5.83. The molecule has 1 unspecified atom stereocenters. The minimum Gasteiger partial charge on any atom is -0.372 e. The maximum atomic E-state index is 11.9. The minimum absolute atomic E-state index is 0.0208. The van der Waals surface area contributed by atoms with Gasteiger partial charge in [0.2, 0.25) is 0 Å². The van der Waals surface area contributed by atoms with Gasteiger partial charge in [-0.3, -0.25) is 4.18 Å². The predicted molar refractivity (Wildman–Crippen MR) is 156 cm³/mol. The second-order valence-corrected chi connectivity index (χ2v) is 11.2. The number of aromatic nitrogens is 2. The molecule has 1 aromatic heterocycles. The fourth-order valence-electron chi connectivity index (χ4n) is 5.04. The molecule has 0 fully saturated rings. The van der Waals surface area contributed by atoms with E-state index in [4.69, 9.17) is 14.2 Å². The summed E-state index contributed by atoms with van der Waals surface area (Å²) in [5.74, 6) is 0. The highest BCUT2D eigenvalue weighted by Gasteiger charge is 2.38. The fraction of sp³-hybridized carbons (Fsp3) is 0.152. The van der Waals surface area contributed by atoms with Gasteiger partial charge >= 0.3 is 0 Å². The average Bonchev–Trinajstić information content (AvgIpc) is 3.47. The van der Waals surface area contributed by atoms with Gasteiger partial charge in [0.15, 0.2) is 0 Å². The number of benzene rings is 4. The van der Waals surface area contributed by atoms with Crippen LogP contribution in [-0.4, -0.2) is 30.8 Å². The molecule has 0 bridgehead atoms. The second kappa shape index (κ2) is 12.3. The van der Waals surface area contributed by atoms with Crippen molar-refractivity contribution >= 4 is 10.1 Å². The third kappa shape index (κ3) is 6.28. The molecular weight excluding hydrogens is 534 g/mol. The molecule has 41 heavy (non-hydrogen) atoms. The topological polar surface area (TPSA) is 94.2 Å². The molecule has 0 saturated heterocycles. The van der Waals surface area contributed by atoms with Crippen molar-refractivity contribution in [2.75, 3.05) is 12.9 Å². The summed E-state index contributed by atoms with van der Waals surface area (Å²) in [4.78, 5) is 4.67. The molecule has 4 aromatic carbocycles. The summed E-state index contributed by atoms with van der Waals surface area (Å²) in [7, 11) is -3.75. The molecule has 0 aliphatic rings. The van der Waals surface area contributed by atoms with Crippen molar-refractivity contribution in [3.63, 3.8) is 0 Å². The third-order valence-electron chi connectivity index (χ3n) is 6.82. The van der Waals surface area contributed by atoms with E-state index in [0.717, 1.165) is 22.9 Å². The molecule has 0 spiro atoms. The van der Waals surface area contributed by atoms with Gasteiger partial charge in [0, 0.05) is 6.20 Å². The molecule has 0 amide bonds. The van der Waals surface area contributed by atoms with Crippen LogP contribution >= 0.6 is 0 Å². The summed E-state index contributed by atoms with van der Waals surface area (Å²) in [6.45, 7) is 0.119. The van der Waals surface area contributed by atoms with E-state index >= 15 is 0 Å². The largest absolute Gasteiger partial charge is 0.372 e. The van der Waals surface area contributed by atoms with Gasteiger partial charge in [-0.2, -0.15) is 13.7 Å². The summed E-state index contributed by atoms with van der Waals surface area (Å²) in [6.07, 6.45) is 3.90. The maximum absolute atomic E-state index is 11.9. The first-order valence-electron chi connectivity index (χ1n) is 13.1. The Morgan fingerprint density at radius 1 is 0.829 bits per heavy atom. The summed E-state index contributed by atoms with van der Waals surface area (Å²) in [6, 6.07) is 39.5. The Hall–Kier alpha value is -4.55. The molecule has 0 saturated carbocycles. The third-order valence-corrected chi connectivity index (χ3v) is 7.40. The Kier molecular flexibility index (Phi) is 8.41. The Labute approximate surface area is 240 Å². The average molecular weight is 564 g/mol. The number of nitrogens with zero attached hydrogens (tertiary/aromatic N) is 3. The van der Waals surface area contributed by atoms with Crippen molar-refractivity contribution in [3.8, 4) is 6.07 Å². The normalized spacial score (nSPS) is 12.5. The Morgan fingerprint density at radius 3 is 1.80 bits per heavy atom. The van der Waals surface area contributed by atoms with Gasteiger partial charge in [-0.05, 0) is 34.4 Å². The second-order valence-electron chi connectivity index (χ2n) is 9.62. The molecule has 5 aromatic rings. The molecule has 0 aliphatic carbocycles. The van der Waals surface area contributed by atoms with Crippen LogP contribution in [0.3, 0.4) is 0 Å². The van der Waals surface area contributed by atoms with Gasteiger partial charge in [0.1, 0.15) is 11.6 Å². The lowest BCUT2D eigenvalue weighted by molar-refractivity contribution is 0.0426. The summed E-state index contributed by atoms with van der Waals surface area (Å²) in [5, 5.41) is 9.09. The minimum atomic E-state index is -3.75. The van der Waals surface area contributed by atoms with E-state index in [0.29, 0.717) is 16.8 Å². The van der Waals surface area contributed by atoms with Crippen molar-refractivity contribution in [1.29, 1.82) is 5.26 Å². The molecule has 1 heterocycles. The van der Waals surface area contributed by atoms with Gasteiger partial charge in [-0.1, -0.05) is 103 Å². The van der Waals surface area contributed by atoms with Crippen molar-refractivity contribution in [3.05, 3.63) is 161 Å². The van der Waals surface area contributed by atoms with Crippen LogP contribution in [0.15, 0.2) is 128 Å². The molecular formula is C33H29N3O4S. The van der Waals surface area contributed by atoms with E-state index in [9.17, 15) is 8.42 Å². The van der Waals surface area contributed by atoms with Crippen molar-refractivity contribution in [2.24, 2.45) is 0 Å². The number of hydrogen-bond acceptors (Lipinski definition) is 6. The first-order chi connectivity index (χ1) is 19.9. The van der Waals surface area contributed by atoms with Gasteiger partial charge in [0.25, 0.3) is 10.1 Å². The summed E-state index contributed by atoms with van der Waals surface area (Å²) < 4.78 is 37.2. The molecule has 0 radical (unpaired) electrons. The number of ether oxygens (including phenoxy) is 1. The Morgan fingerprint density at radius 2 is 1.34 bits per heavy atom. The highest BCUT2D eigenvalue weighted by atomic mass is 32.2. The van der Waals surface area contributed by atoms with Crippen LogP contribution in [0.25, 0.3) is 0 Å². The molecule has 7 nitrogen and oxygen atoms in total. The van der Waals surface area contributed by atoms with E-state index in [1.165, 1.54) is 0 Å². The van der Waals surface area contributed by atoms with Crippen LogP contribution in [0.1, 0.15) is 39.6 Å². The summed E-state index contributed by atoms with van der Waals surface area (Å²) >= 11 is 0. The maximum Gasteiger partial charge on any atom is 0.265 e. The van der Waals surface area contributed by atoms with E-state index in [-0.39, 0.29) is 13.2 Å². The van der Waals surface area contributed by atoms with Crippen LogP contribution in [0.5, 0.6) is 0 Å². The van der Waals surface area contributed by atoms with Crippen molar-refractivity contribution in [2.45, 2.75) is 18.2 Å². The standard InChI is InChI=1S/C33H29N3O4S/c1-41(37,38)40-32(27-19-17-26(21-34)18-20-27)24-39-23-31-22-36(25-35-31)33(28-11-5-2-6-12-28,29-13-7-3-8-14-29)30-15-9-4-10-16-30/h2-20,22,25,32H,23-24H2,1H3. The number of hydrogen-bond donors (Lipinski definition) is 0. The zero-order valence-corrected chi connectivity index (χ0v) is 23.3. The van der Waals surface area contributed by atoms with Gasteiger partial charge in [-0.15, -0.1) is 0 Å². The van der Waals surface area contributed by atoms with Crippen molar-refractivity contribution < 1.29 is 17.3 Å². The molecule has 206 valence electrons. The van der Waals surface area contributed by atoms with Gasteiger partial charge in [0.05, 0.1) is 43.1 Å².